The number of halogens is 1. The van der Waals surface area contributed by atoms with Gasteiger partial charge in [0.25, 0.3) is 0 Å². The summed E-state index contributed by atoms with van der Waals surface area (Å²) < 4.78 is 5.12. The summed E-state index contributed by atoms with van der Waals surface area (Å²) in [6.07, 6.45) is 5.72. The quantitative estimate of drug-likeness (QED) is 0.309. The smallest absolute Gasteiger partial charge is 0.309 e. The molecule has 2 rings (SSSR count). The maximum absolute atomic E-state index is 11.8. The fourth-order valence-electron chi connectivity index (χ4n) is 2.77. The first-order valence-corrected chi connectivity index (χ1v) is 8.44. The van der Waals surface area contributed by atoms with Gasteiger partial charge in [0.2, 0.25) is 0 Å². The van der Waals surface area contributed by atoms with E-state index in [0.29, 0.717) is 6.61 Å². The van der Waals surface area contributed by atoms with Gasteiger partial charge >= 0.3 is 5.97 Å². The van der Waals surface area contributed by atoms with Crippen molar-refractivity contribution in [2.75, 3.05) is 32.8 Å². The second-order valence-electron chi connectivity index (χ2n) is 5.98. The number of esters is 1. The second kappa shape index (κ2) is 10.3. The number of ether oxygens (including phenoxy) is 1. The van der Waals surface area contributed by atoms with Crippen molar-refractivity contribution in [1.29, 1.82) is 0 Å². The lowest BCUT2D eigenvalue weighted by molar-refractivity contribution is -0.149. The van der Waals surface area contributed by atoms with Crippen molar-refractivity contribution >= 4 is 35.9 Å². The van der Waals surface area contributed by atoms with Gasteiger partial charge in [0.15, 0.2) is 5.96 Å². The Hall–Kier alpha value is -0.530. The Balaban J connectivity index is 0.00000242. The highest BCUT2D eigenvalue weighted by Gasteiger charge is 2.27. The predicted molar refractivity (Wildman–Crippen MR) is 99.7 cm³/mol. The van der Waals surface area contributed by atoms with Crippen LogP contribution in [0.1, 0.15) is 46.0 Å². The SMILES string of the molecule is CCNC(=NCCC1CC1)N1CCC(C(=O)OCC)CC1.I. The summed E-state index contributed by atoms with van der Waals surface area (Å²) in [6, 6.07) is 0. The number of guanidine groups is 1. The molecule has 1 saturated heterocycles. The molecule has 1 heterocycles. The predicted octanol–water partition coefficient (Wildman–Crippen LogP) is 2.65. The molecule has 0 radical (unpaired) electrons. The molecule has 0 aromatic heterocycles. The highest BCUT2D eigenvalue weighted by molar-refractivity contribution is 14.0. The van der Waals surface area contributed by atoms with Crippen LogP contribution in [0.25, 0.3) is 0 Å². The van der Waals surface area contributed by atoms with Gasteiger partial charge in [0.05, 0.1) is 12.5 Å². The zero-order valence-electron chi connectivity index (χ0n) is 13.8. The number of piperidine rings is 1. The van der Waals surface area contributed by atoms with E-state index in [-0.39, 0.29) is 35.9 Å². The Morgan fingerprint density at radius 2 is 1.91 bits per heavy atom. The molecule has 1 saturated carbocycles. The van der Waals surface area contributed by atoms with Crippen LogP contribution in [0.4, 0.5) is 0 Å². The molecule has 0 spiro atoms. The average molecular weight is 423 g/mol. The molecule has 0 atom stereocenters. The third kappa shape index (κ3) is 6.30. The Morgan fingerprint density at radius 1 is 1.23 bits per heavy atom. The van der Waals surface area contributed by atoms with E-state index < -0.39 is 0 Å². The molecule has 1 N–H and O–H groups in total. The van der Waals surface area contributed by atoms with Crippen LogP contribution >= 0.6 is 24.0 Å². The van der Waals surface area contributed by atoms with Crippen LogP contribution in [0.15, 0.2) is 4.99 Å². The number of hydrogen-bond donors (Lipinski definition) is 1. The Kier molecular flexibility index (Phi) is 9.12. The van der Waals surface area contributed by atoms with Crippen molar-refractivity contribution in [3.8, 4) is 0 Å². The molecule has 2 aliphatic rings. The highest BCUT2D eigenvalue weighted by atomic mass is 127. The Morgan fingerprint density at radius 3 is 2.45 bits per heavy atom. The van der Waals surface area contributed by atoms with Crippen LogP contribution in [0.3, 0.4) is 0 Å². The van der Waals surface area contributed by atoms with Gasteiger partial charge in [-0.25, -0.2) is 0 Å². The minimum Gasteiger partial charge on any atom is -0.466 e. The summed E-state index contributed by atoms with van der Waals surface area (Å²) >= 11 is 0. The fourth-order valence-corrected chi connectivity index (χ4v) is 2.77. The van der Waals surface area contributed by atoms with Gasteiger partial charge in [-0.05, 0) is 39.0 Å². The first-order chi connectivity index (χ1) is 10.2. The summed E-state index contributed by atoms with van der Waals surface area (Å²) in [5, 5.41) is 3.38. The lowest BCUT2D eigenvalue weighted by Crippen LogP contribution is -2.46. The molecule has 6 heteroatoms. The standard InChI is InChI=1S/C16H29N3O2.HI/c1-3-17-16(18-10-7-13-5-6-13)19-11-8-14(9-12-19)15(20)21-4-2;/h13-14H,3-12H2,1-2H3,(H,17,18);1H. The summed E-state index contributed by atoms with van der Waals surface area (Å²) in [5.41, 5.74) is 0. The van der Waals surface area contributed by atoms with Crippen molar-refractivity contribution in [2.45, 2.75) is 46.0 Å². The monoisotopic (exact) mass is 423 g/mol. The largest absolute Gasteiger partial charge is 0.466 e. The lowest BCUT2D eigenvalue weighted by atomic mass is 9.97. The maximum Gasteiger partial charge on any atom is 0.309 e. The maximum atomic E-state index is 11.8. The molecule has 1 aliphatic carbocycles. The van der Waals surface area contributed by atoms with Crippen LogP contribution in [0, 0.1) is 11.8 Å². The molecule has 1 aliphatic heterocycles. The molecule has 0 aromatic rings. The van der Waals surface area contributed by atoms with Gasteiger partial charge in [0.1, 0.15) is 0 Å². The van der Waals surface area contributed by atoms with Gasteiger partial charge in [-0.3, -0.25) is 9.79 Å². The average Bonchev–Trinajstić information content (AvgIpc) is 3.31. The van der Waals surface area contributed by atoms with E-state index in [2.05, 4.69) is 17.1 Å². The van der Waals surface area contributed by atoms with Gasteiger partial charge < -0.3 is 15.0 Å². The third-order valence-electron chi connectivity index (χ3n) is 4.25. The van der Waals surface area contributed by atoms with Crippen LogP contribution < -0.4 is 5.32 Å². The van der Waals surface area contributed by atoms with Gasteiger partial charge in [-0.15, -0.1) is 24.0 Å². The van der Waals surface area contributed by atoms with E-state index in [1.807, 2.05) is 6.92 Å². The zero-order valence-corrected chi connectivity index (χ0v) is 16.2. The van der Waals surface area contributed by atoms with Crippen molar-refractivity contribution in [3.63, 3.8) is 0 Å². The van der Waals surface area contributed by atoms with Gasteiger partial charge in [-0.2, -0.15) is 0 Å². The minimum atomic E-state index is -0.0344. The number of likely N-dealkylation sites (tertiary alicyclic amines) is 1. The summed E-state index contributed by atoms with van der Waals surface area (Å²) in [7, 11) is 0. The van der Waals surface area contributed by atoms with E-state index in [9.17, 15) is 4.79 Å². The number of hydrogen-bond acceptors (Lipinski definition) is 3. The molecular weight excluding hydrogens is 393 g/mol. The van der Waals surface area contributed by atoms with Crippen molar-refractivity contribution < 1.29 is 9.53 Å². The summed E-state index contributed by atoms with van der Waals surface area (Å²) in [6.45, 7) is 8.03. The topological polar surface area (TPSA) is 53.9 Å². The first kappa shape index (κ1) is 19.5. The van der Waals surface area contributed by atoms with Crippen LogP contribution in [0.5, 0.6) is 0 Å². The normalized spacial score (nSPS) is 19.5. The van der Waals surface area contributed by atoms with Gasteiger partial charge in [-0.1, -0.05) is 12.8 Å². The molecule has 22 heavy (non-hydrogen) atoms. The third-order valence-corrected chi connectivity index (χ3v) is 4.25. The number of rotatable bonds is 6. The molecule has 0 amide bonds. The number of aliphatic imine (C=N–C) groups is 1. The summed E-state index contributed by atoms with van der Waals surface area (Å²) in [4.78, 5) is 18.8. The molecule has 0 aromatic carbocycles. The number of carbonyl (C=O) groups is 1. The van der Waals surface area contributed by atoms with Crippen LogP contribution in [0.2, 0.25) is 0 Å². The van der Waals surface area contributed by atoms with Crippen LogP contribution in [-0.4, -0.2) is 49.6 Å². The molecule has 128 valence electrons. The molecular formula is C16H30IN3O2. The van der Waals surface area contributed by atoms with Gasteiger partial charge in [0, 0.05) is 26.2 Å². The summed E-state index contributed by atoms with van der Waals surface area (Å²) in [5.74, 6) is 1.97. The van der Waals surface area contributed by atoms with Crippen molar-refractivity contribution in [2.24, 2.45) is 16.8 Å². The zero-order chi connectivity index (χ0) is 15.1. The van der Waals surface area contributed by atoms with Crippen molar-refractivity contribution in [1.82, 2.24) is 10.2 Å². The van der Waals surface area contributed by atoms with E-state index >= 15 is 0 Å². The highest BCUT2D eigenvalue weighted by Crippen LogP contribution is 2.32. The Bertz CT molecular complexity index is 364. The fraction of sp³-hybridized carbons (Fsp3) is 0.875. The van der Waals surface area contributed by atoms with Crippen molar-refractivity contribution in [3.05, 3.63) is 0 Å². The van der Waals surface area contributed by atoms with E-state index in [1.54, 1.807) is 0 Å². The van der Waals surface area contributed by atoms with Crippen LogP contribution in [-0.2, 0) is 9.53 Å². The molecule has 2 fully saturated rings. The number of nitrogens with zero attached hydrogens (tertiary/aromatic N) is 2. The molecule has 5 nitrogen and oxygen atoms in total. The lowest BCUT2D eigenvalue weighted by Gasteiger charge is -2.33. The molecule has 0 unspecified atom stereocenters. The number of nitrogens with one attached hydrogen (secondary N) is 1. The molecule has 0 bridgehead atoms. The minimum absolute atomic E-state index is 0. The second-order valence-corrected chi connectivity index (χ2v) is 5.98. The first-order valence-electron chi connectivity index (χ1n) is 8.44. The Labute approximate surface area is 151 Å². The van der Waals surface area contributed by atoms with E-state index in [1.165, 1.54) is 19.3 Å². The van der Waals surface area contributed by atoms with E-state index in [0.717, 1.165) is 50.9 Å². The van der Waals surface area contributed by atoms with E-state index in [4.69, 9.17) is 9.73 Å². The number of carbonyl (C=O) groups excluding carboxylic acids is 1.